The number of para-hydroxylation sites is 1. The van der Waals surface area contributed by atoms with E-state index in [1.54, 1.807) is 24.3 Å². The summed E-state index contributed by atoms with van der Waals surface area (Å²) in [5.74, 6) is 0.828. The summed E-state index contributed by atoms with van der Waals surface area (Å²) in [5.41, 5.74) is 2.49. The lowest BCUT2D eigenvalue weighted by atomic mass is 10.2. The molecule has 0 aliphatic heterocycles. The first-order valence-corrected chi connectivity index (χ1v) is 8.65. The predicted molar refractivity (Wildman–Crippen MR) is 105 cm³/mol. The highest BCUT2D eigenvalue weighted by molar-refractivity contribution is 5.64. The van der Waals surface area contributed by atoms with E-state index in [1.165, 1.54) is 18.1 Å². The number of aromatic nitrogens is 2. The number of hydrogen-bond donors (Lipinski definition) is 2. The summed E-state index contributed by atoms with van der Waals surface area (Å²) in [6.07, 6.45) is 1.44. The number of anilines is 5. The molecule has 2 aromatic carbocycles. The maximum absolute atomic E-state index is 13.8. The fourth-order valence-corrected chi connectivity index (χ4v) is 2.69. The molecule has 0 bridgehead atoms. The Morgan fingerprint density at radius 2 is 1.54 bits per heavy atom. The number of rotatable bonds is 7. The average molecular weight is 351 g/mol. The molecule has 3 aromatic rings. The van der Waals surface area contributed by atoms with Crippen molar-refractivity contribution in [3.63, 3.8) is 0 Å². The molecule has 0 aliphatic carbocycles. The molecule has 0 atom stereocenters. The van der Waals surface area contributed by atoms with E-state index in [1.807, 2.05) is 12.1 Å². The van der Waals surface area contributed by atoms with Crippen LogP contribution in [-0.2, 0) is 0 Å². The van der Waals surface area contributed by atoms with Crippen LogP contribution in [0.25, 0.3) is 0 Å². The zero-order chi connectivity index (χ0) is 18.4. The van der Waals surface area contributed by atoms with E-state index in [0.29, 0.717) is 17.3 Å². The van der Waals surface area contributed by atoms with E-state index in [9.17, 15) is 4.39 Å². The van der Waals surface area contributed by atoms with Gasteiger partial charge in [-0.2, -0.15) is 0 Å². The molecule has 2 N–H and O–H groups in total. The second-order valence-corrected chi connectivity index (χ2v) is 5.74. The molecular weight excluding hydrogens is 329 g/mol. The van der Waals surface area contributed by atoms with E-state index in [0.717, 1.165) is 18.8 Å². The molecule has 134 valence electrons. The minimum Gasteiger partial charge on any atom is -0.372 e. The SMILES string of the molecule is CCN(CC)c1ccc(Nc2cc(Nc3ccccc3F)ncn2)cc1. The molecule has 5 nitrogen and oxygen atoms in total. The van der Waals surface area contributed by atoms with Gasteiger partial charge in [0.05, 0.1) is 5.69 Å². The normalized spacial score (nSPS) is 10.4. The predicted octanol–water partition coefficient (Wildman–Crippen LogP) is 4.95. The van der Waals surface area contributed by atoms with Crippen LogP contribution in [0, 0.1) is 5.82 Å². The Balaban J connectivity index is 1.72. The van der Waals surface area contributed by atoms with E-state index < -0.39 is 0 Å². The number of hydrogen-bond acceptors (Lipinski definition) is 5. The zero-order valence-corrected chi connectivity index (χ0v) is 14.9. The lowest BCUT2D eigenvalue weighted by Crippen LogP contribution is -2.21. The largest absolute Gasteiger partial charge is 0.372 e. The van der Waals surface area contributed by atoms with Crippen LogP contribution < -0.4 is 15.5 Å². The highest BCUT2D eigenvalue weighted by Gasteiger charge is 2.05. The third kappa shape index (κ3) is 4.27. The molecule has 0 spiro atoms. The number of nitrogens with zero attached hydrogens (tertiary/aromatic N) is 3. The summed E-state index contributed by atoms with van der Waals surface area (Å²) >= 11 is 0. The Bertz CT molecular complexity index is 847. The van der Waals surface area contributed by atoms with Crippen LogP contribution in [0.5, 0.6) is 0 Å². The Hall–Kier alpha value is -3.15. The molecule has 0 saturated heterocycles. The van der Waals surface area contributed by atoms with E-state index in [4.69, 9.17) is 0 Å². The van der Waals surface area contributed by atoms with Gasteiger partial charge in [-0.3, -0.25) is 0 Å². The Morgan fingerprint density at radius 3 is 2.19 bits per heavy atom. The van der Waals surface area contributed by atoms with Crippen molar-refractivity contribution in [3.05, 3.63) is 66.7 Å². The van der Waals surface area contributed by atoms with E-state index in [-0.39, 0.29) is 5.82 Å². The van der Waals surface area contributed by atoms with Crippen molar-refractivity contribution in [2.24, 2.45) is 0 Å². The van der Waals surface area contributed by atoms with Crippen LogP contribution in [0.2, 0.25) is 0 Å². The number of benzene rings is 2. The first-order chi connectivity index (χ1) is 12.7. The molecule has 26 heavy (non-hydrogen) atoms. The van der Waals surface area contributed by atoms with Crippen molar-refractivity contribution >= 4 is 28.7 Å². The molecular formula is C20H22FN5. The second-order valence-electron chi connectivity index (χ2n) is 5.74. The average Bonchev–Trinajstić information content (AvgIpc) is 2.66. The molecule has 3 rings (SSSR count). The molecule has 6 heteroatoms. The first kappa shape index (κ1) is 17.7. The quantitative estimate of drug-likeness (QED) is 0.631. The van der Waals surface area contributed by atoms with E-state index in [2.05, 4.69) is 51.5 Å². The monoisotopic (exact) mass is 351 g/mol. The van der Waals surface area contributed by atoms with Gasteiger partial charge < -0.3 is 15.5 Å². The summed E-state index contributed by atoms with van der Waals surface area (Å²) in [6, 6.07) is 16.4. The van der Waals surface area contributed by atoms with Crippen molar-refractivity contribution in [1.29, 1.82) is 0 Å². The maximum Gasteiger partial charge on any atom is 0.146 e. The van der Waals surface area contributed by atoms with Crippen LogP contribution >= 0.6 is 0 Å². The number of halogens is 1. The molecule has 0 unspecified atom stereocenters. The van der Waals surface area contributed by atoms with Gasteiger partial charge >= 0.3 is 0 Å². The first-order valence-electron chi connectivity index (χ1n) is 8.65. The van der Waals surface area contributed by atoms with Gasteiger partial charge in [0.1, 0.15) is 23.8 Å². The van der Waals surface area contributed by atoms with Crippen molar-refractivity contribution in [2.45, 2.75) is 13.8 Å². The molecule has 1 heterocycles. The topological polar surface area (TPSA) is 53.1 Å². The van der Waals surface area contributed by atoms with Gasteiger partial charge in [-0.05, 0) is 50.2 Å². The Labute approximate surface area is 152 Å². The summed E-state index contributed by atoms with van der Waals surface area (Å²) in [4.78, 5) is 10.6. The van der Waals surface area contributed by atoms with Gasteiger partial charge in [0.2, 0.25) is 0 Å². The van der Waals surface area contributed by atoms with Crippen LogP contribution in [0.1, 0.15) is 13.8 Å². The summed E-state index contributed by atoms with van der Waals surface area (Å²) in [5, 5.41) is 6.21. The summed E-state index contributed by atoms with van der Waals surface area (Å²) in [6.45, 7) is 6.22. The summed E-state index contributed by atoms with van der Waals surface area (Å²) in [7, 11) is 0. The molecule has 0 radical (unpaired) electrons. The van der Waals surface area contributed by atoms with Gasteiger partial charge in [0, 0.05) is 30.5 Å². The third-order valence-electron chi connectivity index (χ3n) is 4.07. The lowest BCUT2D eigenvalue weighted by molar-refractivity contribution is 0.632. The van der Waals surface area contributed by atoms with Crippen molar-refractivity contribution < 1.29 is 4.39 Å². The van der Waals surface area contributed by atoms with Crippen LogP contribution in [0.4, 0.5) is 33.1 Å². The minimum atomic E-state index is -0.326. The van der Waals surface area contributed by atoms with Crippen LogP contribution in [0.3, 0.4) is 0 Å². The molecule has 0 saturated carbocycles. The van der Waals surface area contributed by atoms with Crippen molar-refractivity contribution in [2.75, 3.05) is 28.6 Å². The standard InChI is InChI=1S/C20H22FN5/c1-3-26(4-2)16-11-9-15(10-12-16)24-19-13-20(23-14-22-19)25-18-8-6-5-7-17(18)21/h5-14H,3-4H2,1-2H3,(H2,22,23,24,25). The minimum absolute atomic E-state index is 0.326. The van der Waals surface area contributed by atoms with Crippen molar-refractivity contribution in [1.82, 2.24) is 9.97 Å². The maximum atomic E-state index is 13.8. The summed E-state index contributed by atoms with van der Waals surface area (Å²) < 4.78 is 13.8. The van der Waals surface area contributed by atoms with E-state index >= 15 is 0 Å². The van der Waals surface area contributed by atoms with Gasteiger partial charge in [0.25, 0.3) is 0 Å². The third-order valence-corrected chi connectivity index (χ3v) is 4.07. The molecule has 1 aromatic heterocycles. The van der Waals surface area contributed by atoms with Gasteiger partial charge in [-0.15, -0.1) is 0 Å². The van der Waals surface area contributed by atoms with Gasteiger partial charge in [-0.1, -0.05) is 12.1 Å². The second kappa shape index (κ2) is 8.29. The van der Waals surface area contributed by atoms with Crippen LogP contribution in [0.15, 0.2) is 60.9 Å². The number of nitrogens with one attached hydrogen (secondary N) is 2. The molecule has 0 fully saturated rings. The Kier molecular flexibility index (Phi) is 5.63. The lowest BCUT2D eigenvalue weighted by Gasteiger charge is -2.21. The molecule has 0 aliphatic rings. The van der Waals surface area contributed by atoms with Gasteiger partial charge in [0.15, 0.2) is 0 Å². The smallest absolute Gasteiger partial charge is 0.146 e. The fraction of sp³-hybridized carbons (Fsp3) is 0.200. The fourth-order valence-electron chi connectivity index (χ4n) is 2.69. The highest BCUT2D eigenvalue weighted by Crippen LogP contribution is 2.23. The zero-order valence-electron chi connectivity index (χ0n) is 14.9. The Morgan fingerprint density at radius 1 is 0.885 bits per heavy atom. The van der Waals surface area contributed by atoms with Crippen LogP contribution in [-0.4, -0.2) is 23.1 Å². The highest BCUT2D eigenvalue weighted by atomic mass is 19.1. The molecule has 0 amide bonds. The van der Waals surface area contributed by atoms with Crippen molar-refractivity contribution in [3.8, 4) is 0 Å². The van der Waals surface area contributed by atoms with Gasteiger partial charge in [-0.25, -0.2) is 14.4 Å².